The lowest BCUT2D eigenvalue weighted by molar-refractivity contribution is 0.669. The van der Waals surface area contributed by atoms with Crippen LogP contribution in [-0.2, 0) is 0 Å². The van der Waals surface area contributed by atoms with Gasteiger partial charge in [-0.15, -0.1) is 22.7 Å². The first kappa shape index (κ1) is 33.2. The van der Waals surface area contributed by atoms with Crippen molar-refractivity contribution < 1.29 is 4.42 Å². The normalized spacial score (nSPS) is 11.8. The second-order valence-electron chi connectivity index (χ2n) is 14.8. The van der Waals surface area contributed by atoms with Crippen molar-refractivity contribution in [1.29, 1.82) is 0 Å². The van der Waals surface area contributed by atoms with E-state index in [4.69, 9.17) is 4.42 Å². The van der Waals surface area contributed by atoms with Crippen molar-refractivity contribution >= 4 is 102 Å². The summed E-state index contributed by atoms with van der Waals surface area (Å²) < 4.78 is 11.5. The van der Waals surface area contributed by atoms with Gasteiger partial charge in [0.2, 0.25) is 0 Å². The Morgan fingerprint density at radius 3 is 1.50 bits per heavy atom. The number of anilines is 3. The number of thiophene rings is 2. The molecule has 0 aliphatic heterocycles. The van der Waals surface area contributed by atoms with Crippen LogP contribution in [0.2, 0.25) is 0 Å². The van der Waals surface area contributed by atoms with Crippen LogP contribution in [0, 0.1) is 0 Å². The molecule has 3 aromatic heterocycles. The van der Waals surface area contributed by atoms with Crippen molar-refractivity contribution in [3.8, 4) is 33.4 Å². The molecule has 9 aromatic carbocycles. The molecule has 12 rings (SSSR count). The Hall–Kier alpha value is -6.98. The quantitative estimate of drug-likeness (QED) is 0.167. The fourth-order valence-electron chi connectivity index (χ4n) is 8.77. The molecule has 0 spiro atoms. The molecule has 0 unspecified atom stereocenters. The Balaban J connectivity index is 0.956. The maximum Gasteiger partial charge on any atom is 0.136 e. The molecular formula is C54H33NOS2. The van der Waals surface area contributed by atoms with Crippen LogP contribution in [-0.4, -0.2) is 0 Å². The van der Waals surface area contributed by atoms with E-state index in [0.717, 1.165) is 44.6 Å². The van der Waals surface area contributed by atoms with Gasteiger partial charge in [0, 0.05) is 68.2 Å². The minimum Gasteiger partial charge on any atom is -0.456 e. The third-order valence-corrected chi connectivity index (χ3v) is 13.8. The highest BCUT2D eigenvalue weighted by atomic mass is 32.1. The highest BCUT2D eigenvalue weighted by Crippen LogP contribution is 2.43. The van der Waals surface area contributed by atoms with Gasteiger partial charge in [-0.25, -0.2) is 0 Å². The van der Waals surface area contributed by atoms with Crippen LogP contribution in [0.25, 0.3) is 95.7 Å². The lowest BCUT2D eigenvalue weighted by Crippen LogP contribution is -2.09. The summed E-state index contributed by atoms with van der Waals surface area (Å²) in [5, 5.41) is 7.56. The minimum absolute atomic E-state index is 0.905. The monoisotopic (exact) mass is 775 g/mol. The number of fused-ring (bicyclic) bond motifs is 9. The zero-order valence-corrected chi connectivity index (χ0v) is 32.9. The van der Waals surface area contributed by atoms with Crippen molar-refractivity contribution in [2.45, 2.75) is 0 Å². The first-order chi connectivity index (χ1) is 28.7. The van der Waals surface area contributed by atoms with Gasteiger partial charge >= 0.3 is 0 Å². The predicted octanol–water partition coefficient (Wildman–Crippen LogP) is 16.8. The Bertz CT molecular complexity index is 3340. The fraction of sp³-hybridized carbons (Fsp3) is 0. The Morgan fingerprint density at radius 2 is 0.793 bits per heavy atom. The third-order valence-electron chi connectivity index (χ3n) is 11.5. The van der Waals surface area contributed by atoms with Crippen LogP contribution in [0.15, 0.2) is 205 Å². The highest BCUT2D eigenvalue weighted by Gasteiger charge is 2.17. The second kappa shape index (κ2) is 13.3. The van der Waals surface area contributed by atoms with E-state index in [1.54, 1.807) is 0 Å². The summed E-state index contributed by atoms with van der Waals surface area (Å²) in [6.07, 6.45) is 0. The number of hydrogen-bond acceptors (Lipinski definition) is 4. The highest BCUT2D eigenvalue weighted by molar-refractivity contribution is 7.26. The van der Waals surface area contributed by atoms with Gasteiger partial charge in [0.05, 0.1) is 0 Å². The number of rotatable bonds is 6. The van der Waals surface area contributed by atoms with Crippen LogP contribution < -0.4 is 4.90 Å². The molecule has 4 heteroatoms. The number of furan rings is 1. The molecular weight excluding hydrogens is 743 g/mol. The van der Waals surface area contributed by atoms with E-state index in [-0.39, 0.29) is 0 Å². The van der Waals surface area contributed by atoms with Gasteiger partial charge in [0.15, 0.2) is 0 Å². The summed E-state index contributed by atoms with van der Waals surface area (Å²) in [7, 11) is 0. The molecule has 2 nitrogen and oxygen atoms in total. The van der Waals surface area contributed by atoms with Gasteiger partial charge < -0.3 is 9.32 Å². The van der Waals surface area contributed by atoms with Crippen molar-refractivity contribution in [1.82, 2.24) is 0 Å². The molecule has 0 fully saturated rings. The first-order valence-electron chi connectivity index (χ1n) is 19.6. The zero-order valence-electron chi connectivity index (χ0n) is 31.2. The first-order valence-corrected chi connectivity index (χ1v) is 21.2. The topological polar surface area (TPSA) is 16.4 Å². The molecule has 58 heavy (non-hydrogen) atoms. The van der Waals surface area contributed by atoms with E-state index in [2.05, 4.69) is 193 Å². The Morgan fingerprint density at radius 1 is 0.310 bits per heavy atom. The van der Waals surface area contributed by atoms with Crippen molar-refractivity contribution in [2.24, 2.45) is 0 Å². The van der Waals surface area contributed by atoms with Crippen LogP contribution in [0.5, 0.6) is 0 Å². The molecule has 0 amide bonds. The number of hydrogen-bond donors (Lipinski definition) is 0. The molecule has 0 atom stereocenters. The summed E-state index contributed by atoms with van der Waals surface area (Å²) in [6, 6.07) is 72.7. The van der Waals surface area contributed by atoms with Gasteiger partial charge in [-0.05, 0) is 112 Å². The summed E-state index contributed by atoms with van der Waals surface area (Å²) >= 11 is 3.72. The SMILES string of the molecule is c1ccc2c(c1)oc1cccc(-c3ccc(N(c4ccc(-c5ccc6sc7ccccc7c6c5)cc4)c4ccc(-c5cccc6sc7ccccc7c56)cc4)cc3)c12. The van der Waals surface area contributed by atoms with Crippen LogP contribution in [0.3, 0.4) is 0 Å². The molecule has 0 bridgehead atoms. The molecule has 0 N–H and O–H groups in total. The van der Waals surface area contributed by atoms with Crippen molar-refractivity contribution in [3.05, 3.63) is 200 Å². The second-order valence-corrected chi connectivity index (χ2v) is 17.0. The Labute approximate surface area is 343 Å². The summed E-state index contributed by atoms with van der Waals surface area (Å²) in [5.74, 6) is 0. The lowest BCUT2D eigenvalue weighted by atomic mass is 9.98. The Kier molecular flexibility index (Phi) is 7.62. The van der Waals surface area contributed by atoms with Crippen LogP contribution in [0.1, 0.15) is 0 Å². The van der Waals surface area contributed by atoms with Gasteiger partial charge in [0.1, 0.15) is 11.2 Å². The van der Waals surface area contributed by atoms with E-state index in [1.807, 2.05) is 34.8 Å². The molecule has 0 radical (unpaired) electrons. The number of nitrogens with zero attached hydrogens (tertiary/aromatic N) is 1. The minimum atomic E-state index is 0.905. The molecule has 3 heterocycles. The fourth-order valence-corrected chi connectivity index (χ4v) is 11.0. The molecule has 272 valence electrons. The maximum absolute atomic E-state index is 6.24. The smallest absolute Gasteiger partial charge is 0.136 e. The van der Waals surface area contributed by atoms with Crippen molar-refractivity contribution in [2.75, 3.05) is 4.90 Å². The lowest BCUT2D eigenvalue weighted by Gasteiger charge is -2.26. The standard InChI is InChI=1S/C54H33NOS2/c1-4-14-47-44(10-1)53-41(12-7-15-48(53)56-47)35-21-28-39(29-22-35)55(38-26-19-34(20-27-38)37-25-32-51-46(33-37)43-9-2-5-16-49(43)57-51)40-30-23-36(24-31-40)42-13-8-18-52-54(42)45-11-3-6-17-50(45)58-52/h1-33H. The average molecular weight is 776 g/mol. The predicted molar refractivity (Wildman–Crippen MR) is 250 cm³/mol. The van der Waals surface area contributed by atoms with E-state index in [9.17, 15) is 0 Å². The average Bonchev–Trinajstić information content (AvgIpc) is 3.98. The van der Waals surface area contributed by atoms with Gasteiger partial charge in [-0.1, -0.05) is 121 Å². The molecule has 0 aliphatic carbocycles. The number of benzene rings is 9. The van der Waals surface area contributed by atoms with Gasteiger partial charge in [-0.3, -0.25) is 0 Å². The summed E-state index contributed by atoms with van der Waals surface area (Å²) in [6.45, 7) is 0. The third kappa shape index (κ3) is 5.37. The van der Waals surface area contributed by atoms with E-state index >= 15 is 0 Å². The molecule has 0 aliphatic rings. The zero-order chi connectivity index (χ0) is 38.2. The molecule has 0 saturated carbocycles. The summed E-state index contributed by atoms with van der Waals surface area (Å²) in [5.41, 5.74) is 12.3. The largest absolute Gasteiger partial charge is 0.456 e. The summed E-state index contributed by atoms with van der Waals surface area (Å²) in [4.78, 5) is 2.36. The van der Waals surface area contributed by atoms with Crippen molar-refractivity contribution in [3.63, 3.8) is 0 Å². The van der Waals surface area contributed by atoms with Gasteiger partial charge in [0.25, 0.3) is 0 Å². The van der Waals surface area contributed by atoms with E-state index < -0.39 is 0 Å². The van der Waals surface area contributed by atoms with Crippen LogP contribution in [0.4, 0.5) is 17.1 Å². The van der Waals surface area contributed by atoms with Crippen LogP contribution >= 0.6 is 22.7 Å². The van der Waals surface area contributed by atoms with E-state index in [0.29, 0.717) is 0 Å². The molecule has 12 aromatic rings. The molecule has 0 saturated heterocycles. The van der Waals surface area contributed by atoms with E-state index in [1.165, 1.54) is 68.2 Å². The number of para-hydroxylation sites is 1. The van der Waals surface area contributed by atoms with Gasteiger partial charge in [-0.2, -0.15) is 0 Å². The maximum atomic E-state index is 6.24.